The van der Waals surface area contributed by atoms with E-state index in [0.29, 0.717) is 24.4 Å². The highest BCUT2D eigenvalue weighted by atomic mass is 32.2. The minimum absolute atomic E-state index is 0.0761. The first-order valence-electron chi connectivity index (χ1n) is 11.8. The van der Waals surface area contributed by atoms with E-state index >= 15 is 0 Å². The predicted octanol–water partition coefficient (Wildman–Crippen LogP) is 4.77. The van der Waals surface area contributed by atoms with Crippen molar-refractivity contribution in [2.24, 2.45) is 0 Å². The second kappa shape index (κ2) is 12.0. The van der Waals surface area contributed by atoms with Crippen LogP contribution in [0.4, 0.5) is 0 Å². The first kappa shape index (κ1) is 26.4. The van der Waals surface area contributed by atoms with Crippen LogP contribution < -0.4 is 14.8 Å². The van der Waals surface area contributed by atoms with Crippen molar-refractivity contribution in [3.63, 3.8) is 0 Å². The predicted molar refractivity (Wildman–Crippen MR) is 141 cm³/mol. The van der Waals surface area contributed by atoms with E-state index in [0.717, 1.165) is 28.7 Å². The molecule has 3 rings (SSSR count). The Bertz CT molecular complexity index is 1220. The Morgan fingerprint density at radius 3 is 2.14 bits per heavy atom. The quantitative estimate of drug-likeness (QED) is 0.402. The Morgan fingerprint density at radius 2 is 1.54 bits per heavy atom. The normalized spacial score (nSPS) is 12.4. The topological polar surface area (TPSA) is 84.5 Å². The van der Waals surface area contributed by atoms with E-state index in [1.54, 1.807) is 39.2 Å². The van der Waals surface area contributed by atoms with Crippen LogP contribution in [0.2, 0.25) is 0 Å². The molecule has 0 aliphatic heterocycles. The molecule has 0 fully saturated rings. The molecule has 0 aliphatic carbocycles. The molecule has 0 radical (unpaired) electrons. The molecule has 0 aromatic heterocycles. The highest BCUT2D eigenvalue weighted by Gasteiger charge is 2.17. The van der Waals surface area contributed by atoms with Crippen molar-refractivity contribution in [3.8, 4) is 16.9 Å². The Kier molecular flexibility index (Phi) is 9.07. The molecule has 7 heteroatoms. The molecule has 0 saturated carbocycles. The molecule has 0 spiro atoms. The van der Waals surface area contributed by atoms with Gasteiger partial charge in [0.05, 0.1) is 12.4 Å². The number of amides is 1. The molecule has 1 unspecified atom stereocenters. The fraction of sp³-hybridized carbons (Fsp3) is 0.321. The molecule has 1 amide bonds. The molecular weight excluding hydrogens is 460 g/mol. The molecule has 2 N–H and O–H groups in total. The number of hydrogen-bond donors (Lipinski definition) is 2. The zero-order chi connectivity index (χ0) is 25.4. The highest BCUT2D eigenvalue weighted by molar-refractivity contribution is 7.90. The monoisotopic (exact) mass is 494 g/mol. The zero-order valence-electron chi connectivity index (χ0n) is 20.7. The van der Waals surface area contributed by atoms with Crippen molar-refractivity contribution >= 4 is 15.9 Å². The fourth-order valence-electron chi connectivity index (χ4n) is 3.58. The largest absolute Gasteiger partial charge is 0.497 e. The number of sulfonamides is 1. The number of ether oxygens (including phenoxy) is 1. The Morgan fingerprint density at radius 1 is 0.914 bits per heavy atom. The molecule has 1 atom stereocenters. The lowest BCUT2D eigenvalue weighted by molar-refractivity contribution is 0.0953. The van der Waals surface area contributed by atoms with Gasteiger partial charge in [-0.15, -0.1) is 0 Å². The van der Waals surface area contributed by atoms with Crippen LogP contribution in [0.25, 0.3) is 11.1 Å². The van der Waals surface area contributed by atoms with E-state index in [-0.39, 0.29) is 11.8 Å². The first-order chi connectivity index (χ1) is 16.7. The molecule has 186 valence electrons. The van der Waals surface area contributed by atoms with Gasteiger partial charge in [-0.1, -0.05) is 61.5 Å². The van der Waals surface area contributed by atoms with Crippen LogP contribution in [-0.4, -0.2) is 39.8 Å². The van der Waals surface area contributed by atoms with E-state index in [1.165, 1.54) is 0 Å². The molecule has 3 aromatic rings. The van der Waals surface area contributed by atoms with E-state index in [2.05, 4.69) is 46.4 Å². The number of benzene rings is 3. The van der Waals surface area contributed by atoms with E-state index in [9.17, 15) is 13.2 Å². The maximum absolute atomic E-state index is 12.3. The van der Waals surface area contributed by atoms with Gasteiger partial charge in [-0.2, -0.15) is 0 Å². The van der Waals surface area contributed by atoms with Gasteiger partial charge in [0, 0.05) is 18.7 Å². The first-order valence-corrected chi connectivity index (χ1v) is 13.3. The summed E-state index contributed by atoms with van der Waals surface area (Å²) in [5.74, 6) is 0.616. The fourth-order valence-corrected chi connectivity index (χ4v) is 4.40. The minimum Gasteiger partial charge on any atom is -0.497 e. The maximum Gasteiger partial charge on any atom is 0.251 e. The molecule has 0 saturated heterocycles. The van der Waals surface area contributed by atoms with Crippen molar-refractivity contribution in [2.75, 3.05) is 20.2 Å². The summed E-state index contributed by atoms with van der Waals surface area (Å²) in [4.78, 5) is 12.3. The summed E-state index contributed by atoms with van der Waals surface area (Å²) < 4.78 is 31.8. The van der Waals surface area contributed by atoms with Gasteiger partial charge in [-0.3, -0.25) is 4.79 Å². The standard InChI is InChI=1S/C28H34N2O4S/c1-20(2)35(32,33)30-19-21(3)23-12-14-25(15-13-23)24-10-8-22(9-11-24)16-17-29-28(31)26-6-5-7-27(18-26)34-4/h5-15,18,20-21,30H,16-17,19H2,1-4H3,(H,29,31). The summed E-state index contributed by atoms with van der Waals surface area (Å²) in [5, 5.41) is 2.51. The summed E-state index contributed by atoms with van der Waals surface area (Å²) in [6.07, 6.45) is 0.735. The molecule has 0 aliphatic rings. The highest BCUT2D eigenvalue weighted by Crippen LogP contribution is 2.23. The van der Waals surface area contributed by atoms with E-state index < -0.39 is 15.3 Å². The lowest BCUT2D eigenvalue weighted by Gasteiger charge is -2.15. The van der Waals surface area contributed by atoms with Gasteiger partial charge in [0.1, 0.15) is 5.75 Å². The summed E-state index contributed by atoms with van der Waals surface area (Å²) >= 11 is 0. The van der Waals surface area contributed by atoms with Crippen LogP contribution in [0.5, 0.6) is 5.75 Å². The van der Waals surface area contributed by atoms with Gasteiger partial charge < -0.3 is 10.1 Å². The molecule has 35 heavy (non-hydrogen) atoms. The molecule has 0 heterocycles. The van der Waals surface area contributed by atoms with Gasteiger partial charge >= 0.3 is 0 Å². The van der Waals surface area contributed by atoms with Crippen molar-refractivity contribution in [3.05, 3.63) is 89.5 Å². The van der Waals surface area contributed by atoms with Gasteiger partial charge in [0.25, 0.3) is 5.91 Å². The number of hydrogen-bond acceptors (Lipinski definition) is 4. The Labute approximate surface area is 208 Å². The van der Waals surface area contributed by atoms with Crippen LogP contribution >= 0.6 is 0 Å². The van der Waals surface area contributed by atoms with E-state index in [1.807, 2.05) is 25.1 Å². The number of carbonyl (C=O) groups excluding carboxylic acids is 1. The molecule has 3 aromatic carbocycles. The van der Waals surface area contributed by atoms with Crippen LogP contribution in [0, 0.1) is 0 Å². The van der Waals surface area contributed by atoms with Crippen LogP contribution in [0.15, 0.2) is 72.8 Å². The van der Waals surface area contributed by atoms with Crippen molar-refractivity contribution in [2.45, 2.75) is 38.4 Å². The second-order valence-electron chi connectivity index (χ2n) is 8.90. The van der Waals surface area contributed by atoms with Gasteiger partial charge in [-0.05, 0) is 66.6 Å². The average molecular weight is 495 g/mol. The summed E-state index contributed by atoms with van der Waals surface area (Å²) in [7, 11) is -1.68. The number of methoxy groups -OCH3 is 1. The van der Waals surface area contributed by atoms with Crippen LogP contribution in [0.3, 0.4) is 0 Å². The number of rotatable bonds is 11. The third-order valence-corrected chi connectivity index (χ3v) is 7.82. The number of carbonyl (C=O) groups is 1. The lowest BCUT2D eigenvalue weighted by atomic mass is 9.97. The van der Waals surface area contributed by atoms with Crippen molar-refractivity contribution in [1.29, 1.82) is 0 Å². The third-order valence-electron chi connectivity index (χ3n) is 6.01. The van der Waals surface area contributed by atoms with Crippen LogP contribution in [0.1, 0.15) is 48.2 Å². The Hall–Kier alpha value is -3.16. The smallest absolute Gasteiger partial charge is 0.251 e. The zero-order valence-corrected chi connectivity index (χ0v) is 21.6. The third kappa shape index (κ3) is 7.41. The second-order valence-corrected chi connectivity index (χ2v) is 11.2. The average Bonchev–Trinajstić information content (AvgIpc) is 2.87. The molecule has 6 nitrogen and oxygen atoms in total. The van der Waals surface area contributed by atoms with Gasteiger partial charge in [0.15, 0.2) is 0 Å². The SMILES string of the molecule is COc1cccc(C(=O)NCCc2ccc(-c3ccc(C(C)CNS(=O)(=O)C(C)C)cc3)cc2)c1. The van der Waals surface area contributed by atoms with Crippen molar-refractivity contribution in [1.82, 2.24) is 10.0 Å². The number of nitrogens with one attached hydrogen (secondary N) is 2. The summed E-state index contributed by atoms with van der Waals surface area (Å²) in [6, 6.07) is 23.6. The van der Waals surface area contributed by atoms with E-state index in [4.69, 9.17) is 4.74 Å². The minimum atomic E-state index is -3.26. The van der Waals surface area contributed by atoms with Crippen molar-refractivity contribution < 1.29 is 17.9 Å². The van der Waals surface area contributed by atoms with Crippen LogP contribution in [-0.2, 0) is 16.4 Å². The molecular formula is C28H34N2O4S. The van der Waals surface area contributed by atoms with Gasteiger partial charge in [-0.25, -0.2) is 13.1 Å². The van der Waals surface area contributed by atoms with Gasteiger partial charge in [0.2, 0.25) is 10.0 Å². The molecule has 0 bridgehead atoms. The maximum atomic E-state index is 12.3. The lowest BCUT2D eigenvalue weighted by Crippen LogP contribution is -2.33. The summed E-state index contributed by atoms with van der Waals surface area (Å²) in [5.41, 5.74) is 5.01. The summed E-state index contributed by atoms with van der Waals surface area (Å²) in [6.45, 7) is 6.28. The Balaban J connectivity index is 1.52.